The first kappa shape index (κ1) is 25.4. The van der Waals surface area contributed by atoms with Gasteiger partial charge < -0.3 is 15.7 Å². The highest BCUT2D eigenvalue weighted by Crippen LogP contribution is 2.26. The number of nitrogens with two attached hydrogens (primary N) is 1. The molecule has 1 heterocycles. The lowest BCUT2D eigenvalue weighted by Crippen LogP contribution is -2.45. The predicted molar refractivity (Wildman–Crippen MR) is 140 cm³/mol. The fourth-order valence-electron chi connectivity index (χ4n) is 4.64. The van der Waals surface area contributed by atoms with Gasteiger partial charge in [-0.15, -0.1) is 0 Å². The van der Waals surface area contributed by atoms with Crippen molar-refractivity contribution in [3.8, 4) is 0 Å². The number of rotatable bonds is 9. The van der Waals surface area contributed by atoms with E-state index >= 15 is 0 Å². The molecule has 3 aromatic rings. The Balaban J connectivity index is 1.65. The van der Waals surface area contributed by atoms with Gasteiger partial charge in [0, 0.05) is 29.7 Å². The van der Waals surface area contributed by atoms with E-state index in [1.807, 2.05) is 29.2 Å². The molecule has 0 aromatic heterocycles. The second-order valence-electron chi connectivity index (χ2n) is 9.06. The zero-order valence-electron chi connectivity index (χ0n) is 19.9. The average molecular weight is 507 g/mol. The highest BCUT2D eigenvalue weighted by Gasteiger charge is 2.30. The highest BCUT2D eigenvalue weighted by atomic mass is 32.2. The fraction of sp³-hybridized carbons (Fsp3) is 0.259. The van der Waals surface area contributed by atoms with Crippen molar-refractivity contribution in [3.05, 3.63) is 90.1 Å². The molecule has 0 amide bonds. The Kier molecular flexibility index (Phi) is 7.42. The van der Waals surface area contributed by atoms with E-state index in [1.165, 1.54) is 0 Å². The van der Waals surface area contributed by atoms with E-state index in [1.54, 1.807) is 42.5 Å². The molecule has 3 aromatic carbocycles. The highest BCUT2D eigenvalue weighted by molar-refractivity contribution is 7.89. The molecule has 1 saturated heterocycles. The van der Waals surface area contributed by atoms with Gasteiger partial charge in [-0.25, -0.2) is 13.1 Å². The maximum absolute atomic E-state index is 13.6. The van der Waals surface area contributed by atoms with Crippen LogP contribution in [0.1, 0.15) is 24.0 Å². The summed E-state index contributed by atoms with van der Waals surface area (Å²) in [6.45, 7) is 5.19. The van der Waals surface area contributed by atoms with Gasteiger partial charge in [0.15, 0.2) is 0 Å². The molecule has 188 valence electrons. The van der Waals surface area contributed by atoms with Crippen molar-refractivity contribution < 1.29 is 18.3 Å². The molecule has 4 rings (SSSR count). The Bertz CT molecular complexity index is 1410. The van der Waals surface area contributed by atoms with Crippen LogP contribution in [0.5, 0.6) is 0 Å². The monoisotopic (exact) mass is 506 g/mol. The number of carboxylic acids is 1. The standard InChI is InChI=1S/C27H30N4O4S/c1-18(31-14-12-21(13-15-31)27(32)33)24(17-19-6-4-9-22(16-19)26(28)29)30-36(34,35)25-11-5-8-20-7-2-3-10-23(20)25/h2-11,16,21,24,30H,1,12-15,17H2,(H3,28,29)(H,32,33)/t24-/m0/s1. The Morgan fingerprint density at radius 1 is 1.11 bits per heavy atom. The molecule has 1 fully saturated rings. The second-order valence-corrected chi connectivity index (χ2v) is 10.7. The molecule has 0 spiro atoms. The first-order valence-corrected chi connectivity index (χ1v) is 13.2. The molecular weight excluding hydrogens is 476 g/mol. The third-order valence-corrected chi connectivity index (χ3v) is 8.20. The molecule has 5 N–H and O–H groups in total. The maximum Gasteiger partial charge on any atom is 0.306 e. The van der Waals surface area contributed by atoms with Gasteiger partial charge >= 0.3 is 5.97 Å². The number of hydrogen-bond donors (Lipinski definition) is 4. The third-order valence-electron chi connectivity index (χ3n) is 6.67. The number of nitrogens with zero attached hydrogens (tertiary/aromatic N) is 1. The number of carbonyl (C=O) groups is 1. The molecule has 0 saturated carbocycles. The summed E-state index contributed by atoms with van der Waals surface area (Å²) in [4.78, 5) is 13.5. The van der Waals surface area contributed by atoms with Gasteiger partial charge in [0.25, 0.3) is 0 Å². The molecular formula is C27H30N4O4S. The van der Waals surface area contributed by atoms with Crippen LogP contribution in [0.4, 0.5) is 0 Å². The fourth-order valence-corrected chi connectivity index (χ4v) is 6.10. The van der Waals surface area contributed by atoms with Crippen LogP contribution in [0.15, 0.2) is 83.9 Å². The van der Waals surface area contributed by atoms with Gasteiger partial charge in [-0.2, -0.15) is 0 Å². The van der Waals surface area contributed by atoms with Crippen molar-refractivity contribution in [2.75, 3.05) is 13.1 Å². The number of aliphatic carboxylic acids is 1. The largest absolute Gasteiger partial charge is 0.481 e. The number of sulfonamides is 1. The van der Waals surface area contributed by atoms with Crippen molar-refractivity contribution in [1.82, 2.24) is 9.62 Å². The molecule has 36 heavy (non-hydrogen) atoms. The molecule has 8 nitrogen and oxygen atoms in total. The Hall–Kier alpha value is -3.69. The van der Waals surface area contributed by atoms with Crippen LogP contribution in [0.25, 0.3) is 10.8 Å². The minimum Gasteiger partial charge on any atom is -0.481 e. The van der Waals surface area contributed by atoms with Crippen molar-refractivity contribution in [1.29, 1.82) is 5.41 Å². The molecule has 0 unspecified atom stereocenters. The topological polar surface area (TPSA) is 137 Å². The lowest BCUT2D eigenvalue weighted by Gasteiger charge is -2.36. The quantitative estimate of drug-likeness (QED) is 0.260. The molecule has 9 heteroatoms. The number of nitrogens with one attached hydrogen (secondary N) is 2. The normalized spacial score (nSPS) is 15.5. The molecule has 0 aliphatic carbocycles. The summed E-state index contributed by atoms with van der Waals surface area (Å²) in [6, 6.07) is 18.9. The number of fused-ring (bicyclic) bond motifs is 1. The van der Waals surface area contributed by atoms with Crippen LogP contribution in [0.2, 0.25) is 0 Å². The Morgan fingerprint density at radius 2 is 1.78 bits per heavy atom. The van der Waals surface area contributed by atoms with Gasteiger partial charge in [0.1, 0.15) is 5.84 Å². The van der Waals surface area contributed by atoms with Gasteiger partial charge in [-0.1, -0.05) is 61.2 Å². The first-order valence-electron chi connectivity index (χ1n) is 11.8. The zero-order valence-corrected chi connectivity index (χ0v) is 20.7. The van der Waals surface area contributed by atoms with E-state index in [-0.39, 0.29) is 10.7 Å². The van der Waals surface area contributed by atoms with Crippen LogP contribution in [-0.4, -0.2) is 49.4 Å². The SMILES string of the molecule is C=C([C@H](Cc1cccc(C(=N)N)c1)NS(=O)(=O)c1cccc2ccccc12)N1CCC(C(=O)O)CC1. The minimum atomic E-state index is -3.94. The maximum atomic E-state index is 13.6. The van der Waals surface area contributed by atoms with E-state index in [4.69, 9.17) is 11.1 Å². The van der Waals surface area contributed by atoms with Crippen molar-refractivity contribution in [2.24, 2.45) is 11.7 Å². The van der Waals surface area contributed by atoms with Crippen molar-refractivity contribution >= 4 is 32.6 Å². The van der Waals surface area contributed by atoms with E-state index in [2.05, 4.69) is 11.3 Å². The summed E-state index contributed by atoms with van der Waals surface area (Å²) < 4.78 is 30.2. The average Bonchev–Trinajstić information content (AvgIpc) is 2.87. The summed E-state index contributed by atoms with van der Waals surface area (Å²) >= 11 is 0. The van der Waals surface area contributed by atoms with Crippen LogP contribution >= 0.6 is 0 Å². The number of likely N-dealkylation sites (tertiary alicyclic amines) is 1. The predicted octanol–water partition coefficient (Wildman–Crippen LogP) is 3.32. The summed E-state index contributed by atoms with van der Waals surface area (Å²) in [7, 11) is -3.94. The van der Waals surface area contributed by atoms with Crippen LogP contribution in [-0.2, 0) is 21.2 Å². The van der Waals surface area contributed by atoms with Gasteiger partial charge in [0.2, 0.25) is 10.0 Å². The molecule has 1 aliphatic rings. The summed E-state index contributed by atoms with van der Waals surface area (Å²) in [6.07, 6.45) is 1.23. The van der Waals surface area contributed by atoms with E-state index in [9.17, 15) is 18.3 Å². The van der Waals surface area contributed by atoms with Gasteiger partial charge in [-0.3, -0.25) is 10.2 Å². The van der Waals surface area contributed by atoms with Crippen molar-refractivity contribution in [3.63, 3.8) is 0 Å². The van der Waals surface area contributed by atoms with Crippen molar-refractivity contribution in [2.45, 2.75) is 30.2 Å². The Morgan fingerprint density at radius 3 is 2.47 bits per heavy atom. The van der Waals surface area contributed by atoms with Crippen LogP contribution < -0.4 is 10.5 Å². The number of nitrogen functional groups attached to an aromatic ring is 1. The van der Waals surface area contributed by atoms with Gasteiger partial charge in [-0.05, 0) is 42.3 Å². The molecule has 0 radical (unpaired) electrons. The number of piperidine rings is 1. The number of carboxylic acid groups (broad SMARTS) is 1. The lowest BCUT2D eigenvalue weighted by molar-refractivity contribution is -0.143. The third kappa shape index (κ3) is 5.58. The summed E-state index contributed by atoms with van der Waals surface area (Å²) in [5.41, 5.74) is 7.59. The lowest BCUT2D eigenvalue weighted by atomic mass is 9.95. The molecule has 1 atom stereocenters. The summed E-state index contributed by atoms with van der Waals surface area (Å²) in [5, 5.41) is 18.5. The van der Waals surface area contributed by atoms with Crippen LogP contribution in [0.3, 0.4) is 0 Å². The second kappa shape index (κ2) is 10.5. The summed E-state index contributed by atoms with van der Waals surface area (Å²) in [5.74, 6) is -1.29. The van der Waals surface area contributed by atoms with E-state index in [0.717, 1.165) is 10.9 Å². The first-order chi connectivity index (χ1) is 17.2. The number of hydrogen-bond acceptors (Lipinski definition) is 5. The zero-order chi connectivity index (χ0) is 25.9. The Labute approximate surface area is 211 Å². The number of benzene rings is 3. The number of amidine groups is 1. The van der Waals surface area contributed by atoms with Gasteiger partial charge in [0.05, 0.1) is 16.9 Å². The molecule has 1 aliphatic heterocycles. The molecule has 0 bridgehead atoms. The van der Waals surface area contributed by atoms with E-state index in [0.29, 0.717) is 49.0 Å². The smallest absolute Gasteiger partial charge is 0.306 e. The minimum absolute atomic E-state index is 0.0701. The van der Waals surface area contributed by atoms with Crippen LogP contribution in [0, 0.1) is 11.3 Å². The van der Waals surface area contributed by atoms with E-state index < -0.39 is 28.0 Å².